The van der Waals surface area contributed by atoms with E-state index in [9.17, 15) is 14.7 Å². The number of likely N-dealkylation sites (tertiary alicyclic amines) is 1. The van der Waals surface area contributed by atoms with Crippen LogP contribution in [0.1, 0.15) is 62.7 Å². The van der Waals surface area contributed by atoms with Crippen molar-refractivity contribution in [2.45, 2.75) is 57.9 Å². The number of piperidine rings is 1. The van der Waals surface area contributed by atoms with Crippen LogP contribution >= 0.6 is 0 Å². The van der Waals surface area contributed by atoms with Crippen molar-refractivity contribution in [2.24, 2.45) is 11.8 Å². The Morgan fingerprint density at radius 1 is 1.13 bits per heavy atom. The molecule has 1 amide bonds. The third-order valence-electron chi connectivity index (χ3n) is 5.01. The average Bonchev–Trinajstić information content (AvgIpc) is 3.00. The van der Waals surface area contributed by atoms with Crippen LogP contribution in [0.3, 0.4) is 0 Å². The van der Waals surface area contributed by atoms with Gasteiger partial charge in [0.05, 0.1) is 11.8 Å². The second-order valence-corrected chi connectivity index (χ2v) is 6.56. The molecular weight excluding hydrogens is 298 g/mol. The molecular formula is C16H23N3O4. The highest BCUT2D eigenvalue weighted by Crippen LogP contribution is 2.36. The molecule has 7 nitrogen and oxygen atoms in total. The van der Waals surface area contributed by atoms with Crippen LogP contribution in [0, 0.1) is 18.8 Å². The van der Waals surface area contributed by atoms with Gasteiger partial charge in [0.25, 0.3) is 0 Å². The first-order valence-electron chi connectivity index (χ1n) is 8.41. The molecule has 7 heteroatoms. The first-order chi connectivity index (χ1) is 11.1. The highest BCUT2D eigenvalue weighted by atomic mass is 16.5. The fourth-order valence-electron chi connectivity index (χ4n) is 3.84. The van der Waals surface area contributed by atoms with Crippen LogP contribution in [0.15, 0.2) is 4.52 Å². The van der Waals surface area contributed by atoms with E-state index < -0.39 is 17.8 Å². The molecule has 0 radical (unpaired) electrons. The average molecular weight is 321 g/mol. The Hall–Kier alpha value is -1.92. The van der Waals surface area contributed by atoms with E-state index in [1.807, 2.05) is 0 Å². The lowest BCUT2D eigenvalue weighted by Gasteiger charge is -2.38. The van der Waals surface area contributed by atoms with Crippen molar-refractivity contribution in [1.29, 1.82) is 0 Å². The SMILES string of the molecule is Cc1noc(C2CCCCN2C(=O)C2CCCCC2C(=O)O)n1. The number of carboxylic acids is 1. The summed E-state index contributed by atoms with van der Waals surface area (Å²) < 4.78 is 5.27. The summed E-state index contributed by atoms with van der Waals surface area (Å²) in [4.78, 5) is 30.6. The van der Waals surface area contributed by atoms with Gasteiger partial charge in [0.2, 0.25) is 11.8 Å². The number of carbonyl (C=O) groups is 2. The van der Waals surface area contributed by atoms with Crippen LogP contribution in [0.25, 0.3) is 0 Å². The molecule has 3 rings (SSSR count). The van der Waals surface area contributed by atoms with Gasteiger partial charge in [-0.05, 0) is 39.0 Å². The number of carbonyl (C=O) groups excluding carboxylic acids is 1. The maximum absolute atomic E-state index is 13.0. The van der Waals surface area contributed by atoms with Crippen molar-refractivity contribution in [3.8, 4) is 0 Å². The van der Waals surface area contributed by atoms with Gasteiger partial charge in [0, 0.05) is 6.54 Å². The Bertz CT molecular complexity index is 586. The van der Waals surface area contributed by atoms with Crippen molar-refractivity contribution in [2.75, 3.05) is 6.54 Å². The summed E-state index contributed by atoms with van der Waals surface area (Å²) in [5.41, 5.74) is 0. The second kappa shape index (κ2) is 6.68. The Balaban J connectivity index is 1.81. The lowest BCUT2D eigenvalue weighted by Crippen LogP contribution is -2.46. The number of carboxylic acid groups (broad SMARTS) is 1. The zero-order valence-corrected chi connectivity index (χ0v) is 13.4. The van der Waals surface area contributed by atoms with Crippen molar-refractivity contribution in [3.05, 3.63) is 11.7 Å². The van der Waals surface area contributed by atoms with E-state index in [0.717, 1.165) is 32.1 Å². The number of amides is 1. The van der Waals surface area contributed by atoms with Crippen LogP contribution < -0.4 is 0 Å². The van der Waals surface area contributed by atoms with Gasteiger partial charge in [-0.15, -0.1) is 0 Å². The Labute approximate surface area is 135 Å². The molecule has 126 valence electrons. The number of hydrogen-bond acceptors (Lipinski definition) is 5. The summed E-state index contributed by atoms with van der Waals surface area (Å²) in [6.45, 7) is 2.39. The molecule has 1 aromatic rings. The number of aromatic nitrogens is 2. The Kier molecular flexibility index (Phi) is 4.63. The quantitative estimate of drug-likeness (QED) is 0.917. The van der Waals surface area contributed by atoms with Gasteiger partial charge in [-0.3, -0.25) is 9.59 Å². The first kappa shape index (κ1) is 16.0. The highest BCUT2D eigenvalue weighted by Gasteiger charge is 2.41. The van der Waals surface area contributed by atoms with Crippen molar-refractivity contribution >= 4 is 11.9 Å². The van der Waals surface area contributed by atoms with E-state index in [2.05, 4.69) is 10.1 Å². The van der Waals surface area contributed by atoms with E-state index in [1.54, 1.807) is 11.8 Å². The number of aryl methyl sites for hydroxylation is 1. The van der Waals surface area contributed by atoms with Gasteiger partial charge in [0.15, 0.2) is 5.82 Å². The van der Waals surface area contributed by atoms with Gasteiger partial charge in [-0.1, -0.05) is 18.0 Å². The summed E-state index contributed by atoms with van der Waals surface area (Å²) in [6, 6.07) is -0.214. The molecule has 1 aromatic heterocycles. The van der Waals surface area contributed by atoms with Gasteiger partial charge in [-0.2, -0.15) is 4.98 Å². The Morgan fingerprint density at radius 3 is 2.48 bits per heavy atom. The van der Waals surface area contributed by atoms with Gasteiger partial charge in [-0.25, -0.2) is 0 Å². The molecule has 0 aromatic carbocycles. The normalized spacial score (nSPS) is 28.6. The van der Waals surface area contributed by atoms with Gasteiger partial charge in [0.1, 0.15) is 6.04 Å². The lowest BCUT2D eigenvalue weighted by atomic mass is 9.78. The number of nitrogens with zero attached hydrogens (tertiary/aromatic N) is 3. The van der Waals surface area contributed by atoms with Crippen LogP contribution in [-0.4, -0.2) is 38.6 Å². The maximum atomic E-state index is 13.0. The summed E-state index contributed by atoms with van der Waals surface area (Å²) in [7, 11) is 0. The molecule has 2 fully saturated rings. The van der Waals surface area contributed by atoms with Gasteiger partial charge >= 0.3 is 5.97 Å². The van der Waals surface area contributed by atoms with E-state index in [1.165, 1.54) is 0 Å². The van der Waals surface area contributed by atoms with Crippen LogP contribution in [0.5, 0.6) is 0 Å². The monoisotopic (exact) mass is 321 g/mol. The largest absolute Gasteiger partial charge is 0.481 e. The second-order valence-electron chi connectivity index (χ2n) is 6.56. The zero-order chi connectivity index (χ0) is 16.4. The summed E-state index contributed by atoms with van der Waals surface area (Å²) in [5.74, 6) is -0.880. The van der Waals surface area contributed by atoms with Crippen LogP contribution in [0.2, 0.25) is 0 Å². The van der Waals surface area contributed by atoms with Crippen LogP contribution in [-0.2, 0) is 9.59 Å². The maximum Gasteiger partial charge on any atom is 0.307 e. The molecule has 1 N–H and O–H groups in total. The minimum absolute atomic E-state index is 0.0577. The molecule has 1 saturated heterocycles. The number of rotatable bonds is 3. The smallest absolute Gasteiger partial charge is 0.307 e. The summed E-state index contributed by atoms with van der Waals surface area (Å²) in [6.07, 6.45) is 5.76. The molecule has 0 spiro atoms. The molecule has 23 heavy (non-hydrogen) atoms. The van der Waals surface area contributed by atoms with E-state index in [4.69, 9.17) is 4.52 Å². The summed E-state index contributed by atoms with van der Waals surface area (Å²) in [5, 5.41) is 13.3. The molecule has 1 aliphatic carbocycles. The predicted octanol–water partition coefficient (Wildman–Crippen LogP) is 2.32. The molecule has 2 aliphatic rings. The number of hydrogen-bond donors (Lipinski definition) is 1. The molecule has 1 saturated carbocycles. The topological polar surface area (TPSA) is 96.5 Å². The molecule has 0 bridgehead atoms. The minimum atomic E-state index is -0.856. The third kappa shape index (κ3) is 3.23. The first-order valence-corrected chi connectivity index (χ1v) is 8.41. The standard InChI is InChI=1S/C16H23N3O4/c1-10-17-14(23-18-10)13-8-4-5-9-19(13)15(20)11-6-2-3-7-12(11)16(21)22/h11-13H,2-9H2,1H3,(H,21,22). The lowest BCUT2D eigenvalue weighted by molar-refractivity contribution is -0.154. The fraction of sp³-hybridized carbons (Fsp3) is 0.750. The minimum Gasteiger partial charge on any atom is -0.481 e. The zero-order valence-electron chi connectivity index (χ0n) is 13.4. The fourth-order valence-corrected chi connectivity index (χ4v) is 3.84. The van der Waals surface area contributed by atoms with E-state index >= 15 is 0 Å². The van der Waals surface area contributed by atoms with Gasteiger partial charge < -0.3 is 14.5 Å². The molecule has 3 atom stereocenters. The van der Waals surface area contributed by atoms with E-state index in [-0.39, 0.29) is 11.9 Å². The van der Waals surface area contributed by atoms with Crippen molar-refractivity contribution in [1.82, 2.24) is 15.0 Å². The molecule has 2 heterocycles. The van der Waals surface area contributed by atoms with Crippen LogP contribution in [0.4, 0.5) is 0 Å². The highest BCUT2D eigenvalue weighted by molar-refractivity contribution is 5.85. The number of aliphatic carboxylic acids is 1. The molecule has 3 unspecified atom stereocenters. The van der Waals surface area contributed by atoms with Crippen molar-refractivity contribution < 1.29 is 19.2 Å². The summed E-state index contributed by atoms with van der Waals surface area (Å²) >= 11 is 0. The Morgan fingerprint density at radius 2 is 1.83 bits per heavy atom. The van der Waals surface area contributed by atoms with E-state index in [0.29, 0.717) is 31.1 Å². The third-order valence-corrected chi connectivity index (χ3v) is 5.01. The molecule has 1 aliphatic heterocycles. The predicted molar refractivity (Wildman–Crippen MR) is 80.4 cm³/mol. The van der Waals surface area contributed by atoms with Crippen molar-refractivity contribution in [3.63, 3.8) is 0 Å².